The molecule has 1 aromatic carbocycles. The average Bonchev–Trinajstić information content (AvgIpc) is 2.46. The maximum atomic E-state index is 5.50. The lowest BCUT2D eigenvalue weighted by atomic mass is 9.90. The number of nitrogens with one attached hydrogen (secondary N) is 1. The van der Waals surface area contributed by atoms with Crippen LogP contribution < -0.4 is 15.0 Å². The number of nitrogens with zero attached hydrogens (tertiary/aromatic N) is 1. The average molecular weight is 262 g/mol. The molecule has 106 valence electrons. The molecule has 1 N–H and O–H groups in total. The van der Waals surface area contributed by atoms with Gasteiger partial charge in [-0.1, -0.05) is 6.07 Å². The van der Waals surface area contributed by atoms with Gasteiger partial charge in [0.1, 0.15) is 5.75 Å². The molecule has 19 heavy (non-hydrogen) atoms. The summed E-state index contributed by atoms with van der Waals surface area (Å²) < 4.78 is 5.50. The lowest BCUT2D eigenvalue weighted by Gasteiger charge is -2.36. The van der Waals surface area contributed by atoms with E-state index in [1.807, 2.05) is 0 Å². The van der Waals surface area contributed by atoms with Crippen LogP contribution >= 0.6 is 0 Å². The number of methoxy groups -OCH3 is 1. The summed E-state index contributed by atoms with van der Waals surface area (Å²) >= 11 is 0. The highest BCUT2D eigenvalue weighted by molar-refractivity contribution is 5.60. The predicted octanol–water partition coefficient (Wildman–Crippen LogP) is 2.97. The molecule has 0 unspecified atom stereocenters. The van der Waals surface area contributed by atoms with E-state index >= 15 is 0 Å². The summed E-state index contributed by atoms with van der Waals surface area (Å²) in [6.45, 7) is 2.13. The van der Waals surface area contributed by atoms with Gasteiger partial charge >= 0.3 is 0 Å². The second-order valence-corrected chi connectivity index (χ2v) is 5.58. The Morgan fingerprint density at radius 2 is 1.89 bits per heavy atom. The molecular formula is C16H26N2O. The van der Waals surface area contributed by atoms with Gasteiger partial charge in [0, 0.05) is 19.1 Å². The highest BCUT2D eigenvalue weighted by atomic mass is 16.5. The largest absolute Gasteiger partial charge is 0.495 e. The lowest BCUT2D eigenvalue weighted by molar-refractivity contribution is 0.348. The molecule has 1 saturated carbocycles. The summed E-state index contributed by atoms with van der Waals surface area (Å²) in [5, 5.41) is 3.39. The normalized spacial score (nSPS) is 23.2. The maximum absolute atomic E-state index is 5.50. The number of benzene rings is 1. The van der Waals surface area contributed by atoms with Gasteiger partial charge in [0.2, 0.25) is 0 Å². The van der Waals surface area contributed by atoms with Crippen molar-refractivity contribution in [1.29, 1.82) is 0 Å². The van der Waals surface area contributed by atoms with E-state index < -0.39 is 0 Å². The topological polar surface area (TPSA) is 24.5 Å². The van der Waals surface area contributed by atoms with Crippen LogP contribution in [0.1, 0.15) is 31.2 Å². The number of rotatable bonds is 4. The van der Waals surface area contributed by atoms with Crippen molar-refractivity contribution in [3.63, 3.8) is 0 Å². The molecule has 0 radical (unpaired) electrons. The van der Waals surface area contributed by atoms with Crippen LogP contribution in [0.25, 0.3) is 0 Å². The van der Waals surface area contributed by atoms with E-state index in [0.717, 1.165) is 5.75 Å². The summed E-state index contributed by atoms with van der Waals surface area (Å²) in [5.41, 5.74) is 2.50. The quantitative estimate of drug-likeness (QED) is 0.903. The smallest absolute Gasteiger partial charge is 0.142 e. The molecule has 3 heteroatoms. The first-order valence-electron chi connectivity index (χ1n) is 7.20. The van der Waals surface area contributed by atoms with Gasteiger partial charge in [0.25, 0.3) is 0 Å². The molecule has 0 saturated heterocycles. The first-order chi connectivity index (χ1) is 9.15. The van der Waals surface area contributed by atoms with Gasteiger partial charge in [0.15, 0.2) is 0 Å². The van der Waals surface area contributed by atoms with E-state index in [-0.39, 0.29) is 0 Å². The molecule has 1 aliphatic rings. The van der Waals surface area contributed by atoms with E-state index in [0.29, 0.717) is 12.1 Å². The minimum atomic E-state index is 0.625. The summed E-state index contributed by atoms with van der Waals surface area (Å²) in [6.07, 6.45) is 5.03. The van der Waals surface area contributed by atoms with E-state index in [2.05, 4.69) is 49.4 Å². The fourth-order valence-electron chi connectivity index (χ4n) is 3.02. The molecule has 0 aliphatic heterocycles. The van der Waals surface area contributed by atoms with Gasteiger partial charge < -0.3 is 15.0 Å². The van der Waals surface area contributed by atoms with Gasteiger partial charge in [-0.25, -0.2) is 0 Å². The van der Waals surface area contributed by atoms with Crippen molar-refractivity contribution in [2.24, 2.45) is 0 Å². The molecule has 0 bridgehead atoms. The molecule has 0 spiro atoms. The van der Waals surface area contributed by atoms with Crippen LogP contribution in [0.2, 0.25) is 0 Å². The van der Waals surface area contributed by atoms with Crippen LogP contribution in [0.4, 0.5) is 5.69 Å². The summed E-state index contributed by atoms with van der Waals surface area (Å²) in [5.74, 6) is 0.976. The van der Waals surface area contributed by atoms with Crippen molar-refractivity contribution in [2.75, 3.05) is 26.1 Å². The number of hydrogen-bond donors (Lipinski definition) is 1. The maximum Gasteiger partial charge on any atom is 0.142 e. The highest BCUT2D eigenvalue weighted by Crippen LogP contribution is 2.33. The zero-order valence-electron chi connectivity index (χ0n) is 12.6. The van der Waals surface area contributed by atoms with E-state index in [1.165, 1.54) is 36.9 Å². The third kappa shape index (κ3) is 3.21. The van der Waals surface area contributed by atoms with Crippen LogP contribution in [0.5, 0.6) is 5.75 Å². The van der Waals surface area contributed by atoms with Crippen LogP contribution in [-0.2, 0) is 0 Å². The first kappa shape index (κ1) is 14.2. The standard InChI is InChI=1S/C16H26N2O/c1-12-5-10-16(19-4)15(11-12)18(3)14-8-6-13(17-2)7-9-14/h5,10-11,13-14,17H,6-9H2,1-4H3. The lowest BCUT2D eigenvalue weighted by Crippen LogP contribution is -2.40. The van der Waals surface area contributed by atoms with E-state index in [4.69, 9.17) is 4.74 Å². The molecular weight excluding hydrogens is 236 g/mol. The van der Waals surface area contributed by atoms with Crippen molar-refractivity contribution in [1.82, 2.24) is 5.32 Å². The molecule has 0 aromatic heterocycles. The SMILES string of the molecule is CNC1CCC(N(C)c2cc(C)ccc2OC)CC1. The van der Waals surface area contributed by atoms with Gasteiger partial charge in [-0.2, -0.15) is 0 Å². The summed E-state index contributed by atoms with van der Waals surface area (Å²) in [7, 11) is 6.01. The number of anilines is 1. The van der Waals surface area contributed by atoms with Crippen molar-refractivity contribution >= 4 is 5.69 Å². The van der Waals surface area contributed by atoms with Gasteiger partial charge in [-0.3, -0.25) is 0 Å². The van der Waals surface area contributed by atoms with E-state index in [1.54, 1.807) is 7.11 Å². The Bertz CT molecular complexity index is 411. The minimum absolute atomic E-state index is 0.625. The van der Waals surface area contributed by atoms with Crippen molar-refractivity contribution in [2.45, 2.75) is 44.7 Å². The van der Waals surface area contributed by atoms with Gasteiger partial charge in [0.05, 0.1) is 12.8 Å². The predicted molar refractivity (Wildman–Crippen MR) is 81.2 cm³/mol. The second-order valence-electron chi connectivity index (χ2n) is 5.58. The second kappa shape index (κ2) is 6.29. The zero-order chi connectivity index (χ0) is 13.8. The molecule has 1 aromatic rings. The van der Waals surface area contributed by atoms with Crippen LogP contribution in [0.3, 0.4) is 0 Å². The fraction of sp³-hybridized carbons (Fsp3) is 0.625. The Kier molecular flexibility index (Phi) is 4.70. The minimum Gasteiger partial charge on any atom is -0.495 e. The fourth-order valence-corrected chi connectivity index (χ4v) is 3.02. The van der Waals surface area contributed by atoms with Crippen molar-refractivity contribution < 1.29 is 4.74 Å². The summed E-state index contributed by atoms with van der Waals surface area (Å²) in [4.78, 5) is 2.40. The van der Waals surface area contributed by atoms with Gasteiger partial charge in [-0.15, -0.1) is 0 Å². The highest BCUT2D eigenvalue weighted by Gasteiger charge is 2.24. The molecule has 0 heterocycles. The molecule has 2 rings (SSSR count). The Morgan fingerprint density at radius 1 is 1.21 bits per heavy atom. The Hall–Kier alpha value is -1.22. The number of ether oxygens (including phenoxy) is 1. The van der Waals surface area contributed by atoms with Gasteiger partial charge in [-0.05, 0) is 57.4 Å². The molecule has 3 nitrogen and oxygen atoms in total. The van der Waals surface area contributed by atoms with Crippen LogP contribution in [0, 0.1) is 6.92 Å². The Labute approximate surface area is 116 Å². The Balaban J connectivity index is 2.11. The van der Waals surface area contributed by atoms with Crippen molar-refractivity contribution in [3.8, 4) is 5.75 Å². The third-order valence-corrected chi connectivity index (χ3v) is 4.37. The van der Waals surface area contributed by atoms with Crippen LogP contribution in [0.15, 0.2) is 18.2 Å². The van der Waals surface area contributed by atoms with Crippen molar-refractivity contribution in [3.05, 3.63) is 23.8 Å². The third-order valence-electron chi connectivity index (χ3n) is 4.37. The monoisotopic (exact) mass is 262 g/mol. The Morgan fingerprint density at radius 3 is 2.47 bits per heavy atom. The molecule has 1 fully saturated rings. The number of aryl methyl sites for hydroxylation is 1. The zero-order valence-corrected chi connectivity index (χ0v) is 12.6. The summed E-state index contributed by atoms with van der Waals surface area (Å²) in [6, 6.07) is 7.72. The van der Waals surface area contributed by atoms with Crippen LogP contribution in [-0.4, -0.2) is 33.3 Å². The van der Waals surface area contributed by atoms with E-state index in [9.17, 15) is 0 Å². The molecule has 1 aliphatic carbocycles. The molecule has 0 amide bonds. The number of hydrogen-bond acceptors (Lipinski definition) is 3. The molecule has 0 atom stereocenters. The first-order valence-corrected chi connectivity index (χ1v) is 7.20.